The molecule has 0 atom stereocenters. The lowest BCUT2D eigenvalue weighted by Gasteiger charge is -2.29. The number of carbonyl (C=O) groups is 1. The van der Waals surface area contributed by atoms with Crippen LogP contribution in [0, 0.1) is 17.0 Å². The van der Waals surface area contributed by atoms with E-state index in [1.807, 2.05) is 11.8 Å². The maximum Gasteiger partial charge on any atom is 0.294 e. The number of piperazine rings is 1. The summed E-state index contributed by atoms with van der Waals surface area (Å²) >= 11 is 5.90. The minimum Gasteiger partial charge on any atom is -0.483 e. The average molecular weight is 405 g/mol. The largest absolute Gasteiger partial charge is 0.483 e. The number of halogens is 1. The first kappa shape index (κ1) is 19.9. The zero-order chi connectivity index (χ0) is 20.1. The van der Waals surface area contributed by atoms with Gasteiger partial charge in [-0.3, -0.25) is 14.9 Å². The fourth-order valence-corrected chi connectivity index (χ4v) is 3.26. The van der Waals surface area contributed by atoms with E-state index in [1.165, 1.54) is 6.07 Å². The van der Waals surface area contributed by atoms with Crippen LogP contribution in [-0.2, 0) is 4.79 Å². The maximum absolute atomic E-state index is 12.2. The summed E-state index contributed by atoms with van der Waals surface area (Å²) in [6.45, 7) is 4.56. The number of rotatable bonds is 6. The summed E-state index contributed by atoms with van der Waals surface area (Å²) in [7, 11) is 0. The fraction of sp³-hybridized carbons (Fsp3) is 0.316. The number of nitrogens with one attached hydrogen (secondary N) is 2. The van der Waals surface area contributed by atoms with E-state index in [2.05, 4.69) is 10.6 Å². The highest BCUT2D eigenvalue weighted by Crippen LogP contribution is 2.31. The van der Waals surface area contributed by atoms with Crippen LogP contribution in [0.1, 0.15) is 5.56 Å². The normalized spacial score (nSPS) is 13.9. The van der Waals surface area contributed by atoms with Gasteiger partial charge in [-0.05, 0) is 42.8 Å². The van der Waals surface area contributed by atoms with E-state index < -0.39 is 10.8 Å². The third kappa shape index (κ3) is 4.90. The van der Waals surface area contributed by atoms with Gasteiger partial charge in [0.1, 0.15) is 11.4 Å². The number of anilines is 2. The number of amides is 1. The van der Waals surface area contributed by atoms with Crippen LogP contribution in [0.25, 0.3) is 0 Å². The van der Waals surface area contributed by atoms with Crippen molar-refractivity contribution in [2.75, 3.05) is 43.0 Å². The standard InChI is InChI=1S/C19H21ClN4O4/c1-13-10-14(20)2-5-18(13)28-12-19(25)22-15-3-4-16(17(11-15)24(26)27)23-8-6-21-7-9-23/h2-5,10-11,21H,6-9,12H2,1H3,(H,22,25). The summed E-state index contributed by atoms with van der Waals surface area (Å²) in [4.78, 5) is 25.2. The molecule has 1 fully saturated rings. The number of carbonyl (C=O) groups excluding carboxylic acids is 1. The van der Waals surface area contributed by atoms with Crippen molar-refractivity contribution in [1.82, 2.24) is 5.32 Å². The van der Waals surface area contributed by atoms with Crippen LogP contribution in [0.3, 0.4) is 0 Å². The highest BCUT2D eigenvalue weighted by atomic mass is 35.5. The van der Waals surface area contributed by atoms with E-state index in [-0.39, 0.29) is 12.3 Å². The molecule has 1 aliphatic heterocycles. The SMILES string of the molecule is Cc1cc(Cl)ccc1OCC(=O)Nc1ccc(N2CCNCC2)c([N+](=O)[O-])c1. The van der Waals surface area contributed by atoms with Crippen LogP contribution >= 0.6 is 11.6 Å². The topological polar surface area (TPSA) is 96.7 Å². The van der Waals surface area contributed by atoms with Crippen molar-refractivity contribution in [3.05, 3.63) is 57.1 Å². The van der Waals surface area contributed by atoms with Gasteiger partial charge in [0.2, 0.25) is 0 Å². The molecule has 0 aliphatic carbocycles. The van der Waals surface area contributed by atoms with Gasteiger partial charge in [-0.2, -0.15) is 0 Å². The van der Waals surface area contributed by atoms with E-state index in [0.717, 1.165) is 18.7 Å². The van der Waals surface area contributed by atoms with E-state index in [1.54, 1.807) is 30.3 Å². The van der Waals surface area contributed by atoms with E-state index in [9.17, 15) is 14.9 Å². The van der Waals surface area contributed by atoms with Crippen molar-refractivity contribution in [3.63, 3.8) is 0 Å². The Hall–Kier alpha value is -2.84. The van der Waals surface area contributed by atoms with Crippen molar-refractivity contribution >= 4 is 34.6 Å². The van der Waals surface area contributed by atoms with Gasteiger partial charge in [-0.25, -0.2) is 0 Å². The van der Waals surface area contributed by atoms with Gasteiger partial charge >= 0.3 is 0 Å². The summed E-state index contributed by atoms with van der Waals surface area (Å²) in [5.41, 5.74) is 1.69. The highest BCUT2D eigenvalue weighted by Gasteiger charge is 2.22. The number of nitro groups is 1. The molecule has 0 spiro atoms. The Kier molecular flexibility index (Phi) is 6.33. The summed E-state index contributed by atoms with van der Waals surface area (Å²) < 4.78 is 5.50. The van der Waals surface area contributed by atoms with Crippen LogP contribution < -0.4 is 20.3 Å². The molecule has 0 saturated carbocycles. The summed E-state index contributed by atoms with van der Waals surface area (Å²) in [5, 5.41) is 17.9. The Morgan fingerprint density at radius 2 is 2.04 bits per heavy atom. The van der Waals surface area contributed by atoms with Gasteiger partial charge in [0.15, 0.2) is 6.61 Å². The van der Waals surface area contributed by atoms with E-state index in [0.29, 0.717) is 35.2 Å². The smallest absolute Gasteiger partial charge is 0.294 e. The van der Waals surface area contributed by atoms with Gasteiger partial charge in [0.25, 0.3) is 11.6 Å². The molecule has 0 aromatic heterocycles. The van der Waals surface area contributed by atoms with Crippen molar-refractivity contribution in [3.8, 4) is 5.75 Å². The molecule has 2 aromatic carbocycles. The molecule has 1 saturated heterocycles. The molecule has 28 heavy (non-hydrogen) atoms. The summed E-state index contributed by atoms with van der Waals surface area (Å²) in [6, 6.07) is 9.83. The minimum atomic E-state index is -0.430. The molecule has 9 heteroatoms. The minimum absolute atomic E-state index is 0.0332. The van der Waals surface area contributed by atoms with Crippen molar-refractivity contribution in [2.24, 2.45) is 0 Å². The van der Waals surface area contributed by atoms with Gasteiger partial charge in [0.05, 0.1) is 4.92 Å². The fourth-order valence-electron chi connectivity index (χ4n) is 3.04. The van der Waals surface area contributed by atoms with Crippen LogP contribution in [0.4, 0.5) is 17.1 Å². The number of aryl methyl sites for hydroxylation is 1. The first-order chi connectivity index (χ1) is 13.4. The Bertz CT molecular complexity index is 884. The maximum atomic E-state index is 12.2. The third-order valence-corrected chi connectivity index (χ3v) is 4.64. The van der Waals surface area contributed by atoms with Crippen LogP contribution in [0.5, 0.6) is 5.75 Å². The molecule has 1 amide bonds. The monoisotopic (exact) mass is 404 g/mol. The molecule has 0 bridgehead atoms. The molecule has 8 nitrogen and oxygen atoms in total. The predicted octanol–water partition coefficient (Wildman–Crippen LogP) is 2.98. The summed E-state index contributed by atoms with van der Waals surface area (Å²) in [5.74, 6) is 0.151. The number of nitrogens with zero attached hydrogens (tertiary/aromatic N) is 2. The van der Waals surface area contributed by atoms with Gasteiger partial charge in [-0.1, -0.05) is 11.6 Å². The number of hydrogen-bond acceptors (Lipinski definition) is 6. The van der Waals surface area contributed by atoms with E-state index >= 15 is 0 Å². The second kappa shape index (κ2) is 8.90. The quantitative estimate of drug-likeness (QED) is 0.567. The van der Waals surface area contributed by atoms with Crippen LogP contribution in [0.15, 0.2) is 36.4 Å². The van der Waals surface area contributed by atoms with Gasteiger partial charge in [0, 0.05) is 43.0 Å². The molecular weight excluding hydrogens is 384 g/mol. The number of hydrogen-bond donors (Lipinski definition) is 2. The Balaban J connectivity index is 1.66. The number of benzene rings is 2. The summed E-state index contributed by atoms with van der Waals surface area (Å²) in [6.07, 6.45) is 0. The van der Waals surface area contributed by atoms with Crippen LogP contribution in [0.2, 0.25) is 5.02 Å². The molecule has 0 unspecified atom stereocenters. The van der Waals surface area contributed by atoms with Gasteiger partial charge in [-0.15, -0.1) is 0 Å². The first-order valence-electron chi connectivity index (χ1n) is 8.87. The Labute approximate surface area is 167 Å². The van der Waals surface area contributed by atoms with Crippen molar-refractivity contribution in [2.45, 2.75) is 6.92 Å². The molecule has 0 radical (unpaired) electrons. The highest BCUT2D eigenvalue weighted by molar-refractivity contribution is 6.30. The molecule has 2 aromatic rings. The molecule has 1 aliphatic rings. The van der Waals surface area contributed by atoms with Crippen LogP contribution in [-0.4, -0.2) is 43.6 Å². The number of nitro benzene ring substituents is 1. The lowest BCUT2D eigenvalue weighted by molar-refractivity contribution is -0.384. The predicted molar refractivity (Wildman–Crippen MR) is 108 cm³/mol. The van der Waals surface area contributed by atoms with Crippen molar-refractivity contribution in [1.29, 1.82) is 0 Å². The lowest BCUT2D eigenvalue weighted by Crippen LogP contribution is -2.43. The zero-order valence-corrected chi connectivity index (χ0v) is 16.2. The number of ether oxygens (including phenoxy) is 1. The zero-order valence-electron chi connectivity index (χ0n) is 15.4. The molecule has 3 rings (SSSR count). The molecule has 2 N–H and O–H groups in total. The Morgan fingerprint density at radius 3 is 2.71 bits per heavy atom. The van der Waals surface area contributed by atoms with E-state index in [4.69, 9.17) is 16.3 Å². The Morgan fingerprint density at radius 1 is 1.29 bits per heavy atom. The second-order valence-corrected chi connectivity index (χ2v) is 6.88. The average Bonchev–Trinajstić information content (AvgIpc) is 2.68. The second-order valence-electron chi connectivity index (χ2n) is 6.44. The lowest BCUT2D eigenvalue weighted by atomic mass is 10.2. The molecule has 1 heterocycles. The first-order valence-corrected chi connectivity index (χ1v) is 9.25. The molecular formula is C19H21ClN4O4. The third-order valence-electron chi connectivity index (χ3n) is 4.41. The van der Waals surface area contributed by atoms with Gasteiger partial charge < -0.3 is 20.3 Å². The molecule has 148 valence electrons. The van der Waals surface area contributed by atoms with Crippen molar-refractivity contribution < 1.29 is 14.5 Å².